The molecule has 1 fully saturated rings. The molecule has 0 aliphatic carbocycles. The number of aryl methyl sites for hydroxylation is 1. The van der Waals surface area contributed by atoms with Gasteiger partial charge in [-0.25, -0.2) is 0 Å². The van der Waals surface area contributed by atoms with Gasteiger partial charge in [0.15, 0.2) is 0 Å². The maximum absolute atomic E-state index is 13.3. The first kappa shape index (κ1) is 16.3. The molecule has 0 bridgehead atoms. The molecule has 0 radical (unpaired) electrons. The minimum absolute atomic E-state index is 0.212. The minimum atomic E-state index is -4.40. The van der Waals surface area contributed by atoms with Gasteiger partial charge in [0.1, 0.15) is 6.04 Å². The average molecular weight is 332 g/mol. The fourth-order valence-electron chi connectivity index (χ4n) is 3.08. The van der Waals surface area contributed by atoms with Gasteiger partial charge in [0.05, 0.1) is 30.7 Å². The Kier molecular flexibility index (Phi) is 4.58. The molecule has 1 unspecified atom stereocenters. The molecule has 2 aliphatic heterocycles. The molecular weight excluding hydrogens is 313 g/mol. The zero-order valence-electron chi connectivity index (χ0n) is 12.6. The zero-order chi connectivity index (χ0) is 16.4. The van der Waals surface area contributed by atoms with Crippen LogP contribution in [-0.2, 0) is 17.7 Å². The van der Waals surface area contributed by atoms with Crippen molar-refractivity contribution in [2.75, 3.05) is 32.8 Å². The summed E-state index contributed by atoms with van der Waals surface area (Å²) in [5, 5.41) is 6.51. The van der Waals surface area contributed by atoms with E-state index in [4.69, 9.17) is 4.74 Å². The lowest BCUT2D eigenvalue weighted by Crippen LogP contribution is -2.55. The summed E-state index contributed by atoms with van der Waals surface area (Å²) in [7, 11) is 0. The van der Waals surface area contributed by atoms with Crippen molar-refractivity contribution in [1.82, 2.24) is 20.0 Å². The number of carbonyl (C=O) groups is 1. The van der Waals surface area contributed by atoms with E-state index >= 15 is 0 Å². The van der Waals surface area contributed by atoms with Crippen LogP contribution in [0.1, 0.15) is 22.5 Å². The third-order valence-corrected chi connectivity index (χ3v) is 4.30. The van der Waals surface area contributed by atoms with E-state index in [9.17, 15) is 18.0 Å². The standard InChI is InChI=1S/C14H19F3N4O2/c15-14(16,17)12(20-4-6-23-7-5-20)9-18-13(22)10-8-19-21-3-1-2-11(10)21/h8,12H,1-7,9H2,(H,18,22). The maximum atomic E-state index is 13.3. The number of hydrogen-bond donors (Lipinski definition) is 1. The van der Waals surface area contributed by atoms with E-state index in [1.165, 1.54) is 11.1 Å². The van der Waals surface area contributed by atoms with E-state index in [1.807, 2.05) is 0 Å². The Bertz CT molecular complexity index is 567. The van der Waals surface area contributed by atoms with Crippen molar-refractivity contribution < 1.29 is 22.7 Å². The highest BCUT2D eigenvalue weighted by Crippen LogP contribution is 2.25. The quantitative estimate of drug-likeness (QED) is 0.887. The summed E-state index contributed by atoms with van der Waals surface area (Å²) in [6.45, 7) is 1.26. The van der Waals surface area contributed by atoms with E-state index in [-0.39, 0.29) is 26.3 Å². The summed E-state index contributed by atoms with van der Waals surface area (Å²) < 4.78 is 46.6. The van der Waals surface area contributed by atoms with Crippen LogP contribution in [0.25, 0.3) is 0 Å². The van der Waals surface area contributed by atoms with Crippen molar-refractivity contribution in [3.8, 4) is 0 Å². The van der Waals surface area contributed by atoms with Gasteiger partial charge < -0.3 is 10.1 Å². The molecule has 6 nitrogen and oxygen atoms in total. The van der Waals surface area contributed by atoms with Crippen LogP contribution < -0.4 is 5.32 Å². The number of morpholine rings is 1. The van der Waals surface area contributed by atoms with Crippen molar-refractivity contribution in [1.29, 1.82) is 0 Å². The molecule has 128 valence electrons. The Balaban J connectivity index is 1.65. The Morgan fingerprint density at radius 3 is 2.78 bits per heavy atom. The molecule has 0 spiro atoms. The summed E-state index contributed by atoms with van der Waals surface area (Å²) in [6, 6.07) is -1.70. The van der Waals surface area contributed by atoms with Gasteiger partial charge in [-0.3, -0.25) is 14.4 Å². The van der Waals surface area contributed by atoms with Crippen LogP contribution >= 0.6 is 0 Å². The van der Waals surface area contributed by atoms with Crippen molar-refractivity contribution in [2.45, 2.75) is 31.6 Å². The van der Waals surface area contributed by atoms with Crippen LogP contribution in [0.3, 0.4) is 0 Å². The van der Waals surface area contributed by atoms with Crippen molar-refractivity contribution in [2.24, 2.45) is 0 Å². The minimum Gasteiger partial charge on any atom is -0.379 e. The molecule has 1 atom stereocenters. The van der Waals surface area contributed by atoms with Crippen LogP contribution in [0.5, 0.6) is 0 Å². The molecule has 0 saturated carbocycles. The lowest BCUT2D eigenvalue weighted by molar-refractivity contribution is -0.189. The highest BCUT2D eigenvalue weighted by atomic mass is 19.4. The van der Waals surface area contributed by atoms with Gasteiger partial charge in [0.25, 0.3) is 5.91 Å². The molecule has 1 N–H and O–H groups in total. The van der Waals surface area contributed by atoms with Crippen molar-refractivity contribution >= 4 is 5.91 Å². The number of nitrogens with one attached hydrogen (secondary N) is 1. The predicted octanol–water partition coefficient (Wildman–Crippen LogP) is 0.822. The molecule has 9 heteroatoms. The van der Waals surface area contributed by atoms with Gasteiger partial charge in [-0.1, -0.05) is 0 Å². The van der Waals surface area contributed by atoms with Gasteiger partial charge in [-0.2, -0.15) is 18.3 Å². The van der Waals surface area contributed by atoms with E-state index in [0.717, 1.165) is 25.1 Å². The number of aromatic nitrogens is 2. The fourth-order valence-corrected chi connectivity index (χ4v) is 3.08. The first-order valence-electron chi connectivity index (χ1n) is 7.68. The van der Waals surface area contributed by atoms with E-state index in [0.29, 0.717) is 5.56 Å². The number of carbonyl (C=O) groups excluding carboxylic acids is 1. The van der Waals surface area contributed by atoms with Crippen LogP contribution in [0.2, 0.25) is 0 Å². The normalized spacial score (nSPS) is 20.3. The molecule has 1 aromatic rings. The number of rotatable bonds is 4. The van der Waals surface area contributed by atoms with E-state index < -0.39 is 24.7 Å². The van der Waals surface area contributed by atoms with Crippen LogP contribution in [-0.4, -0.2) is 65.7 Å². The van der Waals surface area contributed by atoms with Crippen molar-refractivity contribution in [3.63, 3.8) is 0 Å². The second-order valence-corrected chi connectivity index (χ2v) is 5.75. The van der Waals surface area contributed by atoms with Gasteiger partial charge in [0, 0.05) is 26.2 Å². The second kappa shape index (κ2) is 6.48. The molecule has 0 aromatic carbocycles. The molecule has 3 heterocycles. The number of amides is 1. The molecule has 2 aliphatic rings. The van der Waals surface area contributed by atoms with Gasteiger partial charge in [-0.05, 0) is 12.8 Å². The summed E-state index contributed by atoms with van der Waals surface area (Å²) in [4.78, 5) is 13.5. The average Bonchev–Trinajstić information content (AvgIpc) is 3.09. The van der Waals surface area contributed by atoms with Crippen molar-refractivity contribution in [3.05, 3.63) is 17.5 Å². The third kappa shape index (κ3) is 3.50. The Labute approximate surface area is 131 Å². The lowest BCUT2D eigenvalue weighted by atomic mass is 10.1. The largest absolute Gasteiger partial charge is 0.405 e. The molecule has 23 heavy (non-hydrogen) atoms. The number of ether oxygens (including phenoxy) is 1. The molecular formula is C14H19F3N4O2. The zero-order valence-corrected chi connectivity index (χ0v) is 12.6. The smallest absolute Gasteiger partial charge is 0.379 e. The van der Waals surface area contributed by atoms with Gasteiger partial charge in [-0.15, -0.1) is 0 Å². The lowest BCUT2D eigenvalue weighted by Gasteiger charge is -2.35. The topological polar surface area (TPSA) is 59.4 Å². The fraction of sp³-hybridized carbons (Fsp3) is 0.714. The predicted molar refractivity (Wildman–Crippen MR) is 75.1 cm³/mol. The number of nitrogens with zero attached hydrogens (tertiary/aromatic N) is 3. The van der Waals surface area contributed by atoms with Crippen LogP contribution in [0.15, 0.2) is 6.20 Å². The summed E-state index contributed by atoms with van der Waals surface area (Å²) >= 11 is 0. The number of halogens is 3. The summed E-state index contributed by atoms with van der Waals surface area (Å²) in [6.07, 6.45) is -1.33. The Hall–Kier alpha value is -1.61. The molecule has 3 rings (SSSR count). The van der Waals surface area contributed by atoms with Crippen LogP contribution in [0, 0.1) is 0 Å². The summed E-state index contributed by atoms with van der Waals surface area (Å²) in [5.74, 6) is -0.490. The highest BCUT2D eigenvalue weighted by Gasteiger charge is 2.44. The first-order valence-corrected chi connectivity index (χ1v) is 7.68. The van der Waals surface area contributed by atoms with E-state index in [1.54, 1.807) is 4.68 Å². The first-order chi connectivity index (χ1) is 11.0. The molecule has 1 saturated heterocycles. The number of hydrogen-bond acceptors (Lipinski definition) is 4. The monoisotopic (exact) mass is 332 g/mol. The second-order valence-electron chi connectivity index (χ2n) is 5.75. The molecule has 1 amide bonds. The molecule has 1 aromatic heterocycles. The van der Waals surface area contributed by atoms with Crippen LogP contribution in [0.4, 0.5) is 13.2 Å². The van der Waals surface area contributed by atoms with E-state index in [2.05, 4.69) is 10.4 Å². The third-order valence-electron chi connectivity index (χ3n) is 4.30. The van der Waals surface area contributed by atoms with Gasteiger partial charge >= 0.3 is 6.18 Å². The highest BCUT2D eigenvalue weighted by molar-refractivity contribution is 5.95. The number of alkyl halides is 3. The number of fused-ring (bicyclic) bond motifs is 1. The summed E-state index contributed by atoms with van der Waals surface area (Å²) in [5.41, 5.74) is 1.18. The van der Waals surface area contributed by atoms with Gasteiger partial charge in [0.2, 0.25) is 0 Å². The maximum Gasteiger partial charge on any atom is 0.405 e. The Morgan fingerprint density at radius 2 is 2.09 bits per heavy atom. The Morgan fingerprint density at radius 1 is 1.35 bits per heavy atom. The SMILES string of the molecule is O=C(NCC(N1CCOCC1)C(F)(F)F)c1cnn2c1CCC2.